The molecule has 1 aliphatic rings. The van der Waals surface area contributed by atoms with Gasteiger partial charge in [0.25, 0.3) is 5.91 Å². The summed E-state index contributed by atoms with van der Waals surface area (Å²) in [4.78, 5) is 31.8. The van der Waals surface area contributed by atoms with Crippen LogP contribution in [0, 0.1) is 6.92 Å². The van der Waals surface area contributed by atoms with E-state index in [-0.39, 0.29) is 17.9 Å². The Hall–Kier alpha value is -2.73. The smallest absolute Gasteiger partial charge is 0.251 e. The largest absolute Gasteiger partial charge is 0.352 e. The van der Waals surface area contributed by atoms with Crippen molar-refractivity contribution in [1.82, 2.24) is 15.2 Å². The van der Waals surface area contributed by atoms with Crippen molar-refractivity contribution in [2.45, 2.75) is 32.2 Å². The van der Waals surface area contributed by atoms with E-state index in [1.165, 1.54) is 0 Å². The molecule has 0 saturated carbocycles. The molecular weight excluding hydrogens is 370 g/mol. The number of nitrogens with one attached hydrogen (secondary N) is 1. The average Bonchev–Trinajstić information content (AvgIpc) is 3.34. The standard InChI is InChI=1S/C22H23N3O2S/c1-15-7-2-3-8-16(15)21(27)23-13-12-20(26)25-14-6-10-18(25)22-24-17-9-4-5-11-19(17)28-22/h2-5,7-9,11,18H,6,10,12-14H2,1H3,(H,23,27)/t18-/m0/s1. The molecule has 1 saturated heterocycles. The number of nitrogens with zero attached hydrogens (tertiary/aromatic N) is 2. The molecule has 5 nitrogen and oxygen atoms in total. The van der Waals surface area contributed by atoms with Crippen molar-refractivity contribution in [2.75, 3.05) is 13.1 Å². The first-order valence-corrected chi connectivity index (χ1v) is 10.4. The second-order valence-electron chi connectivity index (χ2n) is 7.09. The molecule has 1 atom stereocenters. The number of hydrogen-bond donors (Lipinski definition) is 1. The number of thiazole rings is 1. The van der Waals surface area contributed by atoms with E-state index in [1.807, 2.05) is 48.2 Å². The van der Waals surface area contributed by atoms with Crippen molar-refractivity contribution in [3.63, 3.8) is 0 Å². The van der Waals surface area contributed by atoms with E-state index in [0.717, 1.165) is 40.2 Å². The normalized spacial score (nSPS) is 16.5. The van der Waals surface area contributed by atoms with Gasteiger partial charge in [-0.3, -0.25) is 9.59 Å². The predicted octanol–water partition coefficient (Wildman–Crippen LogP) is 4.09. The highest BCUT2D eigenvalue weighted by molar-refractivity contribution is 7.18. The summed E-state index contributed by atoms with van der Waals surface area (Å²) in [5.41, 5.74) is 2.58. The molecule has 0 bridgehead atoms. The first-order valence-electron chi connectivity index (χ1n) is 9.62. The number of aromatic nitrogens is 1. The first kappa shape index (κ1) is 18.6. The molecule has 1 fully saturated rings. The van der Waals surface area contributed by atoms with E-state index in [1.54, 1.807) is 17.4 Å². The number of carbonyl (C=O) groups is 2. The molecule has 2 aromatic carbocycles. The van der Waals surface area contributed by atoms with Gasteiger partial charge in [0.05, 0.1) is 16.3 Å². The third-order valence-electron chi connectivity index (χ3n) is 5.18. The van der Waals surface area contributed by atoms with E-state index in [4.69, 9.17) is 4.98 Å². The fourth-order valence-corrected chi connectivity index (χ4v) is 4.82. The van der Waals surface area contributed by atoms with Crippen LogP contribution in [0.5, 0.6) is 0 Å². The number of fused-ring (bicyclic) bond motifs is 1. The number of rotatable bonds is 5. The average molecular weight is 394 g/mol. The quantitative estimate of drug-likeness (QED) is 0.710. The summed E-state index contributed by atoms with van der Waals surface area (Å²) in [7, 11) is 0. The van der Waals surface area contributed by atoms with Gasteiger partial charge < -0.3 is 10.2 Å². The number of amides is 2. The SMILES string of the molecule is Cc1ccccc1C(=O)NCCC(=O)N1CCC[C@H]1c1nc2ccccc2s1. The molecule has 144 valence electrons. The van der Waals surface area contributed by atoms with Gasteiger partial charge in [-0.1, -0.05) is 30.3 Å². The third-order valence-corrected chi connectivity index (χ3v) is 6.32. The number of aryl methyl sites for hydroxylation is 1. The number of carbonyl (C=O) groups excluding carboxylic acids is 2. The zero-order valence-corrected chi connectivity index (χ0v) is 16.7. The Morgan fingerprint density at radius 3 is 2.79 bits per heavy atom. The highest BCUT2D eigenvalue weighted by Gasteiger charge is 2.31. The van der Waals surface area contributed by atoms with E-state index in [0.29, 0.717) is 18.5 Å². The molecular formula is C22H23N3O2S. The zero-order valence-electron chi connectivity index (χ0n) is 15.9. The van der Waals surface area contributed by atoms with Crippen LogP contribution in [-0.2, 0) is 4.79 Å². The van der Waals surface area contributed by atoms with E-state index < -0.39 is 0 Å². The van der Waals surface area contributed by atoms with Gasteiger partial charge in [-0.2, -0.15) is 0 Å². The van der Waals surface area contributed by atoms with Crippen LogP contribution in [0.4, 0.5) is 0 Å². The van der Waals surface area contributed by atoms with E-state index in [2.05, 4.69) is 11.4 Å². The summed E-state index contributed by atoms with van der Waals surface area (Å²) < 4.78 is 1.15. The minimum Gasteiger partial charge on any atom is -0.352 e. The monoisotopic (exact) mass is 393 g/mol. The zero-order chi connectivity index (χ0) is 19.5. The second-order valence-corrected chi connectivity index (χ2v) is 8.15. The number of para-hydroxylation sites is 1. The van der Waals surface area contributed by atoms with Gasteiger partial charge in [-0.05, 0) is 43.5 Å². The maximum atomic E-state index is 12.8. The maximum Gasteiger partial charge on any atom is 0.251 e. The molecule has 0 radical (unpaired) electrons. The molecule has 4 rings (SSSR count). The fourth-order valence-electron chi connectivity index (χ4n) is 3.70. The van der Waals surface area contributed by atoms with Gasteiger partial charge >= 0.3 is 0 Å². The van der Waals surface area contributed by atoms with Crippen molar-refractivity contribution < 1.29 is 9.59 Å². The van der Waals surface area contributed by atoms with Gasteiger partial charge in [0.2, 0.25) is 5.91 Å². The van der Waals surface area contributed by atoms with Gasteiger partial charge in [0.1, 0.15) is 5.01 Å². The molecule has 3 aromatic rings. The van der Waals surface area contributed by atoms with Crippen LogP contribution in [0.2, 0.25) is 0 Å². The minimum absolute atomic E-state index is 0.0527. The summed E-state index contributed by atoms with van der Waals surface area (Å²) in [5, 5.41) is 3.88. The lowest BCUT2D eigenvalue weighted by molar-refractivity contribution is -0.132. The second kappa shape index (κ2) is 8.10. The molecule has 2 heterocycles. The lowest BCUT2D eigenvalue weighted by atomic mass is 10.1. The highest BCUT2D eigenvalue weighted by Crippen LogP contribution is 2.36. The topological polar surface area (TPSA) is 62.3 Å². The third kappa shape index (κ3) is 3.78. The minimum atomic E-state index is -0.130. The molecule has 0 unspecified atom stereocenters. The molecule has 1 N–H and O–H groups in total. The van der Waals surface area contributed by atoms with Gasteiger partial charge in [-0.15, -0.1) is 11.3 Å². The Morgan fingerprint density at radius 2 is 1.96 bits per heavy atom. The van der Waals surface area contributed by atoms with Crippen molar-refractivity contribution in [1.29, 1.82) is 0 Å². The summed E-state index contributed by atoms with van der Waals surface area (Å²) >= 11 is 1.67. The van der Waals surface area contributed by atoms with Crippen molar-refractivity contribution in [2.24, 2.45) is 0 Å². The number of hydrogen-bond acceptors (Lipinski definition) is 4. The molecule has 6 heteroatoms. The first-order chi connectivity index (χ1) is 13.6. The van der Waals surface area contributed by atoms with Crippen LogP contribution >= 0.6 is 11.3 Å². The van der Waals surface area contributed by atoms with Crippen LogP contribution in [0.1, 0.15) is 46.2 Å². The molecule has 0 spiro atoms. The van der Waals surface area contributed by atoms with Crippen LogP contribution in [0.3, 0.4) is 0 Å². The highest BCUT2D eigenvalue weighted by atomic mass is 32.1. The number of likely N-dealkylation sites (tertiary alicyclic amines) is 1. The van der Waals surface area contributed by atoms with Crippen molar-refractivity contribution >= 4 is 33.4 Å². The Kier molecular flexibility index (Phi) is 5.39. The van der Waals surface area contributed by atoms with Crippen LogP contribution in [0.15, 0.2) is 48.5 Å². The molecule has 1 aromatic heterocycles. The lowest BCUT2D eigenvalue weighted by Gasteiger charge is -2.23. The van der Waals surface area contributed by atoms with Crippen molar-refractivity contribution in [3.8, 4) is 0 Å². The molecule has 2 amide bonds. The Morgan fingerprint density at radius 1 is 1.18 bits per heavy atom. The molecule has 28 heavy (non-hydrogen) atoms. The van der Waals surface area contributed by atoms with Crippen LogP contribution in [-0.4, -0.2) is 34.8 Å². The van der Waals surface area contributed by atoms with Crippen LogP contribution in [0.25, 0.3) is 10.2 Å². The predicted molar refractivity (Wildman–Crippen MR) is 111 cm³/mol. The van der Waals surface area contributed by atoms with Gasteiger partial charge in [0.15, 0.2) is 0 Å². The summed E-state index contributed by atoms with van der Waals surface area (Å²) in [5.74, 6) is -0.0538. The van der Waals surface area contributed by atoms with E-state index in [9.17, 15) is 9.59 Å². The maximum absolute atomic E-state index is 12.8. The van der Waals surface area contributed by atoms with E-state index >= 15 is 0 Å². The van der Waals surface area contributed by atoms with Gasteiger partial charge in [0, 0.05) is 25.1 Å². The number of benzene rings is 2. The Balaban J connectivity index is 1.37. The summed E-state index contributed by atoms with van der Waals surface area (Å²) in [6.45, 7) is 3.01. The lowest BCUT2D eigenvalue weighted by Crippen LogP contribution is -2.34. The molecule has 0 aliphatic carbocycles. The summed E-state index contributed by atoms with van der Waals surface area (Å²) in [6.07, 6.45) is 2.24. The van der Waals surface area contributed by atoms with Crippen LogP contribution < -0.4 is 5.32 Å². The fraction of sp³-hybridized carbons (Fsp3) is 0.318. The van der Waals surface area contributed by atoms with Crippen molar-refractivity contribution in [3.05, 3.63) is 64.7 Å². The Labute approximate surface area is 168 Å². The van der Waals surface area contributed by atoms with Gasteiger partial charge in [-0.25, -0.2) is 4.98 Å². The summed E-state index contributed by atoms with van der Waals surface area (Å²) in [6, 6.07) is 15.6. The molecule has 1 aliphatic heterocycles. The Bertz CT molecular complexity index is 981.